The van der Waals surface area contributed by atoms with Crippen molar-refractivity contribution < 1.29 is 9.90 Å². The zero-order valence-electron chi connectivity index (χ0n) is 14.4. The van der Waals surface area contributed by atoms with Gasteiger partial charge in [-0.1, -0.05) is 30.3 Å². The van der Waals surface area contributed by atoms with Crippen LogP contribution in [-0.2, 0) is 13.1 Å². The number of carbonyl (C=O) groups is 1. The van der Waals surface area contributed by atoms with Crippen molar-refractivity contribution in [1.29, 1.82) is 0 Å². The molecule has 1 N–H and O–H groups in total. The summed E-state index contributed by atoms with van der Waals surface area (Å²) in [5, 5.41) is 15.1. The molecule has 7 nitrogen and oxygen atoms in total. The third kappa shape index (κ3) is 3.09. The number of amides is 1. The molecule has 132 valence electrons. The number of aliphatic hydroxyl groups is 1. The van der Waals surface area contributed by atoms with Gasteiger partial charge in [0.05, 0.1) is 36.4 Å². The second-order valence-corrected chi connectivity index (χ2v) is 6.37. The average Bonchev–Trinajstić information content (AvgIpc) is 3.11. The van der Waals surface area contributed by atoms with Crippen LogP contribution in [0.4, 0.5) is 0 Å². The minimum Gasteiger partial charge on any atom is -0.382 e. The largest absolute Gasteiger partial charge is 0.382 e. The molecule has 3 aromatic rings. The molecule has 0 fully saturated rings. The van der Waals surface area contributed by atoms with Crippen LogP contribution in [0.1, 0.15) is 39.2 Å². The van der Waals surface area contributed by atoms with Crippen LogP contribution in [0.15, 0.2) is 48.8 Å². The summed E-state index contributed by atoms with van der Waals surface area (Å²) < 4.78 is 1.85. The number of aryl methyl sites for hydroxylation is 1. The van der Waals surface area contributed by atoms with Crippen molar-refractivity contribution in [3.8, 4) is 0 Å². The highest BCUT2D eigenvalue weighted by Crippen LogP contribution is 2.24. The van der Waals surface area contributed by atoms with Gasteiger partial charge in [-0.2, -0.15) is 5.10 Å². The topological polar surface area (TPSA) is 84.1 Å². The van der Waals surface area contributed by atoms with Crippen molar-refractivity contribution in [1.82, 2.24) is 24.6 Å². The van der Waals surface area contributed by atoms with E-state index in [9.17, 15) is 9.90 Å². The van der Waals surface area contributed by atoms with Crippen LogP contribution in [-0.4, -0.2) is 42.2 Å². The molecule has 2 aromatic heterocycles. The Hall–Kier alpha value is -3.06. The van der Waals surface area contributed by atoms with Gasteiger partial charge in [-0.15, -0.1) is 0 Å². The van der Waals surface area contributed by atoms with Gasteiger partial charge in [-0.3, -0.25) is 14.5 Å². The maximum atomic E-state index is 12.6. The second kappa shape index (κ2) is 6.68. The molecule has 26 heavy (non-hydrogen) atoms. The summed E-state index contributed by atoms with van der Waals surface area (Å²) in [5.74, 6) is -0.143. The molecule has 0 unspecified atom stereocenters. The number of aliphatic hydroxyl groups excluding tert-OH is 1. The first-order valence-electron chi connectivity index (χ1n) is 8.49. The highest BCUT2D eigenvalue weighted by Gasteiger charge is 2.25. The lowest BCUT2D eigenvalue weighted by Gasteiger charge is -2.27. The van der Waals surface area contributed by atoms with Crippen molar-refractivity contribution in [3.05, 3.63) is 77.1 Å². The molecular weight excluding hydrogens is 330 g/mol. The van der Waals surface area contributed by atoms with Gasteiger partial charge in [0.15, 0.2) is 0 Å². The van der Waals surface area contributed by atoms with E-state index in [4.69, 9.17) is 0 Å². The van der Waals surface area contributed by atoms with E-state index < -0.39 is 6.10 Å². The van der Waals surface area contributed by atoms with Crippen LogP contribution in [0.3, 0.4) is 0 Å². The van der Waals surface area contributed by atoms with Gasteiger partial charge in [-0.05, 0) is 18.6 Å². The molecule has 1 aliphatic rings. The predicted molar refractivity (Wildman–Crippen MR) is 94.2 cm³/mol. The number of nitrogens with zero attached hydrogens (tertiary/aromatic N) is 5. The SMILES string of the molecule is Cc1cnc(C(=O)N2CCn3nc([C@@H](O)c4ccccc4)cc3C2)cn1. The predicted octanol–water partition coefficient (Wildman–Crippen LogP) is 1.72. The van der Waals surface area contributed by atoms with E-state index in [2.05, 4.69) is 15.1 Å². The van der Waals surface area contributed by atoms with E-state index in [0.717, 1.165) is 17.0 Å². The summed E-state index contributed by atoms with van der Waals surface area (Å²) in [5.41, 5.74) is 3.40. The minimum absolute atomic E-state index is 0.143. The summed E-state index contributed by atoms with van der Waals surface area (Å²) in [6, 6.07) is 11.3. The summed E-state index contributed by atoms with van der Waals surface area (Å²) in [7, 11) is 0. The number of benzene rings is 1. The Balaban J connectivity index is 1.53. The summed E-state index contributed by atoms with van der Waals surface area (Å²) in [6.07, 6.45) is 2.32. The fourth-order valence-corrected chi connectivity index (χ4v) is 3.07. The fourth-order valence-electron chi connectivity index (χ4n) is 3.07. The molecule has 1 aliphatic heterocycles. The van der Waals surface area contributed by atoms with Crippen LogP contribution in [0, 0.1) is 6.92 Å². The fraction of sp³-hybridized carbons (Fsp3) is 0.263. The molecule has 7 heteroatoms. The van der Waals surface area contributed by atoms with Crippen molar-refractivity contribution in [2.24, 2.45) is 0 Å². The first-order chi connectivity index (χ1) is 12.6. The Morgan fingerprint density at radius 2 is 1.96 bits per heavy atom. The molecule has 1 amide bonds. The van der Waals surface area contributed by atoms with Gasteiger partial charge in [0.25, 0.3) is 5.91 Å². The summed E-state index contributed by atoms with van der Waals surface area (Å²) in [6.45, 7) is 3.40. The van der Waals surface area contributed by atoms with E-state index >= 15 is 0 Å². The standard InChI is InChI=1S/C19H19N5O2/c1-13-10-21-17(11-20-13)19(26)23-7-8-24-15(12-23)9-16(22-24)18(25)14-5-3-2-4-6-14/h2-6,9-11,18,25H,7-8,12H2,1H3/t18-/m0/s1. The normalized spacial score (nSPS) is 14.8. The molecule has 0 aliphatic carbocycles. The number of rotatable bonds is 3. The van der Waals surface area contributed by atoms with Crippen LogP contribution in [0.2, 0.25) is 0 Å². The molecule has 0 bridgehead atoms. The Bertz CT molecular complexity index is 921. The van der Waals surface area contributed by atoms with Gasteiger partial charge in [0, 0.05) is 12.7 Å². The first-order valence-corrected chi connectivity index (χ1v) is 8.49. The molecule has 0 radical (unpaired) electrons. The lowest BCUT2D eigenvalue weighted by Crippen LogP contribution is -2.38. The number of fused-ring (bicyclic) bond motifs is 1. The maximum Gasteiger partial charge on any atom is 0.274 e. The highest BCUT2D eigenvalue weighted by molar-refractivity contribution is 5.92. The van der Waals surface area contributed by atoms with Crippen molar-refractivity contribution in [2.75, 3.05) is 6.54 Å². The summed E-state index contributed by atoms with van der Waals surface area (Å²) >= 11 is 0. The zero-order chi connectivity index (χ0) is 18.1. The monoisotopic (exact) mass is 349 g/mol. The van der Waals surface area contributed by atoms with Gasteiger partial charge < -0.3 is 10.0 Å². The third-order valence-electron chi connectivity index (χ3n) is 4.50. The minimum atomic E-state index is -0.776. The molecule has 0 spiro atoms. The maximum absolute atomic E-state index is 12.6. The lowest BCUT2D eigenvalue weighted by molar-refractivity contribution is 0.0699. The molecule has 4 rings (SSSR count). The quantitative estimate of drug-likeness (QED) is 0.778. The van der Waals surface area contributed by atoms with E-state index in [1.54, 1.807) is 11.1 Å². The van der Waals surface area contributed by atoms with Crippen molar-refractivity contribution >= 4 is 5.91 Å². The number of aromatic nitrogens is 4. The number of hydrogen-bond donors (Lipinski definition) is 1. The van der Waals surface area contributed by atoms with Crippen LogP contribution in [0.25, 0.3) is 0 Å². The molecule has 0 saturated heterocycles. The van der Waals surface area contributed by atoms with Gasteiger partial charge in [0.1, 0.15) is 11.8 Å². The Morgan fingerprint density at radius 1 is 1.15 bits per heavy atom. The van der Waals surface area contributed by atoms with Gasteiger partial charge in [-0.25, -0.2) is 4.98 Å². The van der Waals surface area contributed by atoms with Crippen LogP contribution >= 0.6 is 0 Å². The van der Waals surface area contributed by atoms with E-state index in [-0.39, 0.29) is 5.91 Å². The van der Waals surface area contributed by atoms with E-state index in [0.29, 0.717) is 31.0 Å². The molecule has 1 atom stereocenters. The lowest BCUT2D eigenvalue weighted by atomic mass is 10.1. The smallest absolute Gasteiger partial charge is 0.274 e. The zero-order valence-corrected chi connectivity index (χ0v) is 14.4. The van der Waals surface area contributed by atoms with Crippen LogP contribution < -0.4 is 0 Å². The molecule has 3 heterocycles. The molecule has 1 aromatic carbocycles. The van der Waals surface area contributed by atoms with E-state index in [1.165, 1.54) is 6.20 Å². The van der Waals surface area contributed by atoms with Crippen molar-refractivity contribution in [3.63, 3.8) is 0 Å². The first kappa shape index (κ1) is 16.4. The Labute approximate surface area is 150 Å². The van der Waals surface area contributed by atoms with Gasteiger partial charge in [0.2, 0.25) is 0 Å². The summed E-state index contributed by atoms with van der Waals surface area (Å²) in [4.78, 5) is 22.7. The average molecular weight is 349 g/mol. The Kier molecular flexibility index (Phi) is 4.22. The third-order valence-corrected chi connectivity index (χ3v) is 4.50. The number of hydrogen-bond acceptors (Lipinski definition) is 5. The van der Waals surface area contributed by atoms with Crippen LogP contribution in [0.5, 0.6) is 0 Å². The van der Waals surface area contributed by atoms with Gasteiger partial charge >= 0.3 is 0 Å². The molecular formula is C19H19N5O2. The highest BCUT2D eigenvalue weighted by atomic mass is 16.3. The number of carbonyl (C=O) groups excluding carboxylic acids is 1. The molecule has 0 saturated carbocycles. The van der Waals surface area contributed by atoms with Crippen molar-refractivity contribution in [2.45, 2.75) is 26.1 Å². The van der Waals surface area contributed by atoms with E-state index in [1.807, 2.05) is 48.0 Å². The second-order valence-electron chi connectivity index (χ2n) is 6.37. The Morgan fingerprint density at radius 3 is 2.69 bits per heavy atom.